The van der Waals surface area contributed by atoms with E-state index in [1.54, 1.807) is 11.3 Å². The highest BCUT2D eigenvalue weighted by Gasteiger charge is 2.10. The van der Waals surface area contributed by atoms with Gasteiger partial charge in [-0.3, -0.25) is 4.79 Å². The van der Waals surface area contributed by atoms with Crippen LogP contribution in [-0.2, 0) is 6.42 Å². The fourth-order valence-corrected chi connectivity index (χ4v) is 3.78. The maximum atomic E-state index is 11.8. The summed E-state index contributed by atoms with van der Waals surface area (Å²) < 4.78 is 0.862. The Balaban J connectivity index is 1.73. The maximum Gasteiger partial charge on any atom is 0.262 e. The molecular formula is C12H13BrN2OS2. The van der Waals surface area contributed by atoms with Crippen LogP contribution in [0.4, 0.5) is 0 Å². The minimum atomic E-state index is -0.00723. The fourth-order valence-electron chi connectivity index (χ4n) is 1.50. The first-order chi connectivity index (χ1) is 8.66. The fraction of sp³-hybridized carbons (Fsp3) is 0.333. The molecule has 0 spiro atoms. The molecule has 2 heterocycles. The molecule has 18 heavy (non-hydrogen) atoms. The summed E-state index contributed by atoms with van der Waals surface area (Å²) >= 11 is 6.48. The van der Waals surface area contributed by atoms with Crippen LogP contribution < -0.4 is 5.32 Å². The van der Waals surface area contributed by atoms with Crippen LogP contribution in [0.15, 0.2) is 21.3 Å². The van der Waals surface area contributed by atoms with E-state index in [-0.39, 0.29) is 5.91 Å². The molecular weight excluding hydrogens is 332 g/mol. The van der Waals surface area contributed by atoms with Gasteiger partial charge in [0, 0.05) is 28.5 Å². The SMILES string of the molecule is Cc1csc(CCCNC(=O)c2sccc2Br)n1. The number of hydrogen-bond donors (Lipinski definition) is 1. The topological polar surface area (TPSA) is 42.0 Å². The summed E-state index contributed by atoms with van der Waals surface area (Å²) in [5, 5.41) is 8.01. The van der Waals surface area contributed by atoms with E-state index in [2.05, 4.69) is 31.6 Å². The maximum absolute atomic E-state index is 11.8. The van der Waals surface area contributed by atoms with Gasteiger partial charge in [-0.2, -0.15) is 0 Å². The smallest absolute Gasteiger partial charge is 0.262 e. The van der Waals surface area contributed by atoms with Gasteiger partial charge in [-0.1, -0.05) is 0 Å². The van der Waals surface area contributed by atoms with Gasteiger partial charge in [0.2, 0.25) is 0 Å². The zero-order valence-electron chi connectivity index (χ0n) is 9.90. The van der Waals surface area contributed by atoms with E-state index in [1.807, 2.05) is 18.4 Å². The van der Waals surface area contributed by atoms with Crippen molar-refractivity contribution in [1.29, 1.82) is 0 Å². The molecule has 6 heteroatoms. The number of hydrogen-bond acceptors (Lipinski definition) is 4. The molecule has 0 fully saturated rings. The largest absolute Gasteiger partial charge is 0.351 e. The van der Waals surface area contributed by atoms with Crippen molar-refractivity contribution in [3.63, 3.8) is 0 Å². The minimum Gasteiger partial charge on any atom is -0.351 e. The molecule has 2 aromatic heterocycles. The molecule has 0 saturated heterocycles. The van der Waals surface area contributed by atoms with Gasteiger partial charge >= 0.3 is 0 Å². The quantitative estimate of drug-likeness (QED) is 0.841. The number of nitrogens with one attached hydrogen (secondary N) is 1. The van der Waals surface area contributed by atoms with Gasteiger partial charge in [0.15, 0.2) is 0 Å². The number of rotatable bonds is 5. The zero-order valence-corrected chi connectivity index (χ0v) is 13.1. The van der Waals surface area contributed by atoms with Crippen molar-refractivity contribution in [2.45, 2.75) is 19.8 Å². The van der Waals surface area contributed by atoms with Crippen molar-refractivity contribution >= 4 is 44.5 Å². The molecule has 0 unspecified atom stereocenters. The van der Waals surface area contributed by atoms with Crippen LogP contribution in [0.3, 0.4) is 0 Å². The molecule has 2 rings (SSSR count). The Kier molecular flexibility index (Phi) is 4.91. The standard InChI is InChI=1S/C12H13BrN2OS2/c1-8-7-18-10(15-8)3-2-5-14-12(16)11-9(13)4-6-17-11/h4,6-7H,2-3,5H2,1H3,(H,14,16). The molecule has 96 valence electrons. The van der Waals surface area contributed by atoms with Crippen molar-refractivity contribution in [2.75, 3.05) is 6.54 Å². The molecule has 1 N–H and O–H groups in total. The van der Waals surface area contributed by atoms with E-state index in [1.165, 1.54) is 11.3 Å². The molecule has 0 radical (unpaired) electrons. The van der Waals surface area contributed by atoms with E-state index < -0.39 is 0 Å². The molecule has 3 nitrogen and oxygen atoms in total. The van der Waals surface area contributed by atoms with Crippen LogP contribution in [0, 0.1) is 6.92 Å². The van der Waals surface area contributed by atoms with Crippen LogP contribution >= 0.6 is 38.6 Å². The van der Waals surface area contributed by atoms with Crippen LogP contribution in [0.25, 0.3) is 0 Å². The number of nitrogens with zero attached hydrogens (tertiary/aromatic N) is 1. The van der Waals surface area contributed by atoms with Crippen molar-refractivity contribution in [3.8, 4) is 0 Å². The van der Waals surface area contributed by atoms with Gasteiger partial charge < -0.3 is 5.32 Å². The van der Waals surface area contributed by atoms with E-state index in [9.17, 15) is 4.79 Å². The molecule has 0 aliphatic rings. The molecule has 0 bridgehead atoms. The number of carbonyl (C=O) groups excluding carboxylic acids is 1. The van der Waals surface area contributed by atoms with Crippen LogP contribution in [-0.4, -0.2) is 17.4 Å². The van der Waals surface area contributed by atoms with Gasteiger partial charge in [0.05, 0.1) is 5.01 Å². The van der Waals surface area contributed by atoms with E-state index in [0.717, 1.165) is 32.9 Å². The lowest BCUT2D eigenvalue weighted by molar-refractivity contribution is 0.0956. The van der Waals surface area contributed by atoms with Gasteiger partial charge in [-0.25, -0.2) is 4.98 Å². The first kappa shape index (κ1) is 13.7. The third-order valence-electron chi connectivity index (χ3n) is 2.34. The Bertz CT molecular complexity index is 536. The molecule has 0 aliphatic heterocycles. The van der Waals surface area contributed by atoms with E-state index in [4.69, 9.17) is 0 Å². The Morgan fingerprint density at radius 3 is 2.94 bits per heavy atom. The summed E-state index contributed by atoms with van der Waals surface area (Å²) in [6, 6.07) is 1.89. The lowest BCUT2D eigenvalue weighted by atomic mass is 10.3. The van der Waals surface area contributed by atoms with Crippen molar-refractivity contribution in [1.82, 2.24) is 10.3 Å². The normalized spacial score (nSPS) is 10.6. The summed E-state index contributed by atoms with van der Waals surface area (Å²) in [5.74, 6) is -0.00723. The third-order valence-corrected chi connectivity index (χ3v) is 5.21. The second-order valence-corrected chi connectivity index (χ2v) is 6.55. The number of halogens is 1. The van der Waals surface area contributed by atoms with Gasteiger partial charge in [0.25, 0.3) is 5.91 Å². The lowest BCUT2D eigenvalue weighted by Gasteiger charge is -2.02. The molecule has 2 aromatic rings. The van der Waals surface area contributed by atoms with Crippen molar-refractivity contribution in [3.05, 3.63) is 36.9 Å². The number of thiazole rings is 1. The predicted molar refractivity (Wildman–Crippen MR) is 79.5 cm³/mol. The second kappa shape index (κ2) is 6.45. The van der Waals surface area contributed by atoms with Gasteiger partial charge in [0.1, 0.15) is 4.88 Å². The Labute approximate surface area is 122 Å². The second-order valence-electron chi connectivity index (χ2n) is 3.84. The number of aryl methyl sites for hydroxylation is 2. The Morgan fingerprint density at radius 1 is 1.50 bits per heavy atom. The minimum absolute atomic E-state index is 0.00723. The van der Waals surface area contributed by atoms with E-state index >= 15 is 0 Å². The number of carbonyl (C=O) groups is 1. The lowest BCUT2D eigenvalue weighted by Crippen LogP contribution is -2.24. The molecule has 0 saturated carbocycles. The Morgan fingerprint density at radius 2 is 2.33 bits per heavy atom. The Hall–Kier alpha value is -0.720. The zero-order chi connectivity index (χ0) is 13.0. The summed E-state index contributed by atoms with van der Waals surface area (Å²) in [4.78, 5) is 16.9. The highest BCUT2D eigenvalue weighted by molar-refractivity contribution is 9.10. The molecule has 0 aromatic carbocycles. The summed E-state index contributed by atoms with van der Waals surface area (Å²) in [6.45, 7) is 2.68. The third kappa shape index (κ3) is 3.63. The first-order valence-electron chi connectivity index (χ1n) is 5.59. The van der Waals surface area contributed by atoms with Gasteiger partial charge in [-0.15, -0.1) is 22.7 Å². The van der Waals surface area contributed by atoms with Crippen molar-refractivity contribution < 1.29 is 4.79 Å². The first-order valence-corrected chi connectivity index (χ1v) is 8.14. The van der Waals surface area contributed by atoms with Crippen molar-refractivity contribution in [2.24, 2.45) is 0 Å². The predicted octanol–water partition coefficient (Wildman–Crippen LogP) is 3.64. The molecule has 0 aliphatic carbocycles. The highest BCUT2D eigenvalue weighted by Crippen LogP contribution is 2.22. The molecule has 0 atom stereocenters. The monoisotopic (exact) mass is 344 g/mol. The average Bonchev–Trinajstić information content (AvgIpc) is 2.93. The highest BCUT2D eigenvalue weighted by atomic mass is 79.9. The van der Waals surface area contributed by atoms with Crippen LogP contribution in [0.1, 0.15) is 26.8 Å². The average molecular weight is 345 g/mol. The van der Waals surface area contributed by atoms with Crippen LogP contribution in [0.5, 0.6) is 0 Å². The van der Waals surface area contributed by atoms with Crippen LogP contribution in [0.2, 0.25) is 0 Å². The molecule has 1 amide bonds. The summed E-state index contributed by atoms with van der Waals surface area (Å²) in [5.41, 5.74) is 1.07. The summed E-state index contributed by atoms with van der Waals surface area (Å²) in [6.07, 6.45) is 1.84. The van der Waals surface area contributed by atoms with E-state index in [0.29, 0.717) is 6.54 Å². The number of amides is 1. The van der Waals surface area contributed by atoms with Gasteiger partial charge in [-0.05, 0) is 40.7 Å². The number of aromatic nitrogens is 1. The summed E-state index contributed by atoms with van der Waals surface area (Å²) in [7, 11) is 0. The number of thiophene rings is 1.